The largest absolute Gasteiger partial charge is 0.508 e. The van der Waals surface area contributed by atoms with Gasteiger partial charge in [-0.1, -0.05) is 45.6 Å². The molecular formula is C17H28O2. The minimum Gasteiger partial charge on any atom is -0.508 e. The van der Waals surface area contributed by atoms with Gasteiger partial charge in [0.1, 0.15) is 11.5 Å². The molecule has 2 nitrogen and oxygen atoms in total. The van der Waals surface area contributed by atoms with Crippen LogP contribution in [0.5, 0.6) is 11.5 Å². The summed E-state index contributed by atoms with van der Waals surface area (Å²) in [5.74, 6) is 2.01. The molecule has 2 heteroatoms. The average Bonchev–Trinajstić information content (AvgIpc) is 2.36. The molecule has 0 saturated carbocycles. The van der Waals surface area contributed by atoms with E-state index in [1.807, 2.05) is 19.1 Å². The second kappa shape index (κ2) is 8.84. The normalized spacial score (nSPS) is 10.9. The first kappa shape index (κ1) is 15.9. The van der Waals surface area contributed by atoms with Crippen LogP contribution in [0.15, 0.2) is 18.2 Å². The fraction of sp³-hybridized carbons (Fsp3) is 0.647. The molecule has 0 radical (unpaired) electrons. The van der Waals surface area contributed by atoms with Crippen molar-refractivity contribution in [3.63, 3.8) is 0 Å². The van der Waals surface area contributed by atoms with E-state index in [0.29, 0.717) is 12.4 Å². The number of hydrogen-bond donors (Lipinski definition) is 1. The van der Waals surface area contributed by atoms with Gasteiger partial charge in [0.25, 0.3) is 0 Å². The SMILES string of the molecule is CCOc1cccc(O)c1CCCCCCC(C)C. The Morgan fingerprint density at radius 3 is 2.53 bits per heavy atom. The molecule has 0 bridgehead atoms. The molecule has 0 fully saturated rings. The highest BCUT2D eigenvalue weighted by molar-refractivity contribution is 5.43. The van der Waals surface area contributed by atoms with Crippen molar-refractivity contribution in [1.29, 1.82) is 0 Å². The molecule has 1 N–H and O–H groups in total. The zero-order valence-corrected chi connectivity index (χ0v) is 12.6. The van der Waals surface area contributed by atoms with Crippen molar-refractivity contribution in [2.45, 2.75) is 59.3 Å². The van der Waals surface area contributed by atoms with Gasteiger partial charge in [-0.15, -0.1) is 0 Å². The fourth-order valence-corrected chi connectivity index (χ4v) is 2.30. The Kier molecular flexibility index (Phi) is 7.39. The van der Waals surface area contributed by atoms with Crippen molar-refractivity contribution >= 4 is 0 Å². The molecule has 0 amide bonds. The second-order valence-electron chi connectivity index (χ2n) is 5.53. The topological polar surface area (TPSA) is 29.5 Å². The first-order chi connectivity index (χ1) is 9.15. The Morgan fingerprint density at radius 1 is 1.11 bits per heavy atom. The Bertz CT molecular complexity index is 358. The smallest absolute Gasteiger partial charge is 0.126 e. The number of ether oxygens (including phenoxy) is 1. The van der Waals surface area contributed by atoms with Crippen molar-refractivity contribution in [2.75, 3.05) is 6.61 Å². The summed E-state index contributed by atoms with van der Waals surface area (Å²) in [7, 11) is 0. The molecule has 0 aliphatic rings. The summed E-state index contributed by atoms with van der Waals surface area (Å²) in [5.41, 5.74) is 0.966. The highest BCUT2D eigenvalue weighted by atomic mass is 16.5. The predicted octanol–water partition coefficient (Wildman–Crippen LogP) is 4.94. The van der Waals surface area contributed by atoms with Gasteiger partial charge in [-0.2, -0.15) is 0 Å². The summed E-state index contributed by atoms with van der Waals surface area (Å²) in [6, 6.07) is 5.53. The lowest BCUT2D eigenvalue weighted by molar-refractivity contribution is 0.332. The molecule has 1 aromatic carbocycles. The Hall–Kier alpha value is -1.18. The lowest BCUT2D eigenvalue weighted by atomic mass is 10.0. The standard InChI is InChI=1S/C17H28O2/c1-4-19-17-13-9-12-16(18)15(17)11-8-6-5-7-10-14(2)3/h9,12-14,18H,4-8,10-11H2,1-3H3. The van der Waals surface area contributed by atoms with Gasteiger partial charge in [-0.25, -0.2) is 0 Å². The molecule has 19 heavy (non-hydrogen) atoms. The van der Waals surface area contributed by atoms with Crippen LogP contribution in [-0.4, -0.2) is 11.7 Å². The maximum atomic E-state index is 9.91. The number of unbranched alkanes of at least 4 members (excludes halogenated alkanes) is 3. The lowest BCUT2D eigenvalue weighted by Crippen LogP contribution is -1.97. The number of phenols is 1. The summed E-state index contributed by atoms with van der Waals surface area (Å²) in [5, 5.41) is 9.91. The first-order valence-electron chi connectivity index (χ1n) is 7.58. The van der Waals surface area contributed by atoms with Crippen LogP contribution < -0.4 is 4.74 Å². The van der Waals surface area contributed by atoms with Crippen LogP contribution in [0.1, 0.15) is 58.4 Å². The highest BCUT2D eigenvalue weighted by Gasteiger charge is 2.08. The van der Waals surface area contributed by atoms with Crippen molar-refractivity contribution in [1.82, 2.24) is 0 Å². The lowest BCUT2D eigenvalue weighted by Gasteiger charge is -2.11. The molecule has 0 saturated heterocycles. The monoisotopic (exact) mass is 264 g/mol. The number of hydrogen-bond acceptors (Lipinski definition) is 2. The molecule has 0 heterocycles. The molecule has 0 spiro atoms. The molecule has 0 aromatic heterocycles. The van der Waals surface area contributed by atoms with Crippen LogP contribution in [-0.2, 0) is 6.42 Å². The van der Waals surface area contributed by atoms with E-state index in [4.69, 9.17) is 4.74 Å². The van der Waals surface area contributed by atoms with E-state index in [0.717, 1.165) is 30.1 Å². The van der Waals surface area contributed by atoms with Crippen molar-refractivity contribution in [3.05, 3.63) is 23.8 Å². The van der Waals surface area contributed by atoms with Crippen LogP contribution in [0, 0.1) is 5.92 Å². The molecule has 0 atom stereocenters. The Morgan fingerprint density at radius 2 is 1.84 bits per heavy atom. The quantitative estimate of drug-likeness (QED) is 0.640. The summed E-state index contributed by atoms with van der Waals surface area (Å²) >= 11 is 0. The molecule has 108 valence electrons. The third-order valence-corrected chi connectivity index (χ3v) is 3.37. The predicted molar refractivity (Wildman–Crippen MR) is 80.9 cm³/mol. The summed E-state index contributed by atoms with van der Waals surface area (Å²) in [6.07, 6.45) is 7.18. The van der Waals surface area contributed by atoms with Crippen molar-refractivity contribution in [3.8, 4) is 11.5 Å². The average molecular weight is 264 g/mol. The molecule has 0 unspecified atom stereocenters. The molecular weight excluding hydrogens is 236 g/mol. The van der Waals surface area contributed by atoms with E-state index >= 15 is 0 Å². The van der Waals surface area contributed by atoms with Crippen molar-refractivity contribution < 1.29 is 9.84 Å². The third kappa shape index (κ3) is 6.00. The molecule has 0 aliphatic carbocycles. The molecule has 1 aromatic rings. The summed E-state index contributed by atoms with van der Waals surface area (Å²) in [4.78, 5) is 0. The van der Waals surface area contributed by atoms with Gasteiger partial charge in [0, 0.05) is 5.56 Å². The van der Waals surface area contributed by atoms with E-state index in [2.05, 4.69) is 13.8 Å². The maximum absolute atomic E-state index is 9.91. The Balaban J connectivity index is 2.36. The van der Waals surface area contributed by atoms with E-state index in [9.17, 15) is 5.11 Å². The van der Waals surface area contributed by atoms with Crippen LogP contribution in [0.2, 0.25) is 0 Å². The second-order valence-corrected chi connectivity index (χ2v) is 5.53. The zero-order chi connectivity index (χ0) is 14.1. The van der Waals surface area contributed by atoms with Gasteiger partial charge in [0.15, 0.2) is 0 Å². The molecule has 1 rings (SSSR count). The van der Waals surface area contributed by atoms with Gasteiger partial charge < -0.3 is 9.84 Å². The third-order valence-electron chi connectivity index (χ3n) is 3.37. The van der Waals surface area contributed by atoms with Gasteiger partial charge in [0.2, 0.25) is 0 Å². The van der Waals surface area contributed by atoms with E-state index < -0.39 is 0 Å². The van der Waals surface area contributed by atoms with Gasteiger partial charge in [-0.3, -0.25) is 0 Å². The number of aromatic hydroxyl groups is 1. The first-order valence-corrected chi connectivity index (χ1v) is 7.58. The van der Waals surface area contributed by atoms with Crippen LogP contribution >= 0.6 is 0 Å². The maximum Gasteiger partial charge on any atom is 0.126 e. The summed E-state index contributed by atoms with van der Waals surface area (Å²) in [6.45, 7) is 7.16. The van der Waals surface area contributed by atoms with Gasteiger partial charge in [0.05, 0.1) is 6.61 Å². The number of rotatable bonds is 9. The van der Waals surface area contributed by atoms with Crippen LogP contribution in [0.3, 0.4) is 0 Å². The fourth-order valence-electron chi connectivity index (χ4n) is 2.30. The van der Waals surface area contributed by atoms with Crippen LogP contribution in [0.4, 0.5) is 0 Å². The van der Waals surface area contributed by atoms with Gasteiger partial charge in [-0.05, 0) is 37.8 Å². The van der Waals surface area contributed by atoms with E-state index in [1.165, 1.54) is 25.7 Å². The van der Waals surface area contributed by atoms with E-state index in [1.54, 1.807) is 6.07 Å². The van der Waals surface area contributed by atoms with Crippen LogP contribution in [0.25, 0.3) is 0 Å². The Labute approximate surface area is 117 Å². The van der Waals surface area contributed by atoms with E-state index in [-0.39, 0.29) is 0 Å². The van der Waals surface area contributed by atoms with Gasteiger partial charge >= 0.3 is 0 Å². The number of benzene rings is 1. The minimum atomic E-state index is 0.369. The zero-order valence-electron chi connectivity index (χ0n) is 12.6. The summed E-state index contributed by atoms with van der Waals surface area (Å²) < 4.78 is 5.57. The highest BCUT2D eigenvalue weighted by Crippen LogP contribution is 2.29. The van der Waals surface area contributed by atoms with Crippen molar-refractivity contribution in [2.24, 2.45) is 5.92 Å². The number of phenolic OH excluding ortho intramolecular Hbond substituents is 1. The molecule has 0 aliphatic heterocycles. The minimum absolute atomic E-state index is 0.369.